The summed E-state index contributed by atoms with van der Waals surface area (Å²) < 4.78 is 136. The van der Waals surface area contributed by atoms with Crippen molar-refractivity contribution in [3.63, 3.8) is 0 Å². The first-order valence-electron chi connectivity index (χ1n) is 8.94. The molecule has 0 spiro atoms. The highest BCUT2D eigenvalue weighted by molar-refractivity contribution is 7.86. The molecule has 0 saturated carbocycles. The Morgan fingerprint density at radius 1 is 0.647 bits per heavy atom. The van der Waals surface area contributed by atoms with Crippen molar-refractivity contribution in [3.05, 3.63) is 59.7 Å². The first-order valence-corrected chi connectivity index (χ1v) is 12.6. The summed E-state index contributed by atoms with van der Waals surface area (Å²) in [6, 6.07) is 5.59. The van der Waals surface area contributed by atoms with Gasteiger partial charge in [0.1, 0.15) is 23.3 Å². The number of ketones is 1. The van der Waals surface area contributed by atoms with Gasteiger partial charge in [-0.05, 0) is 35.4 Å². The fraction of sp³-hybridized carbons (Fsp3) is 0.316. The van der Waals surface area contributed by atoms with Gasteiger partial charge in [0.15, 0.2) is 5.78 Å². The minimum absolute atomic E-state index is 0.409. The first kappa shape index (κ1) is 27.4. The van der Waals surface area contributed by atoms with Crippen LogP contribution in [0.1, 0.15) is 23.0 Å². The van der Waals surface area contributed by atoms with Crippen LogP contribution in [0.2, 0.25) is 0 Å². The summed E-state index contributed by atoms with van der Waals surface area (Å²) in [5.41, 5.74) is -1.74. The lowest BCUT2D eigenvalue weighted by atomic mass is 9.82. The molecule has 2 unspecified atom stereocenters. The Morgan fingerprint density at radius 2 is 0.912 bits per heavy atom. The molecule has 0 saturated heterocycles. The maximum Gasteiger partial charge on any atom is 0.402 e. The summed E-state index contributed by atoms with van der Waals surface area (Å²) in [7, 11) is -8.05. The standard InChI is InChI=1S/C19H16F6O7S2/c1-33(27,28)31-13-7-3-11(4-8-13)15(18(20,21)22)17(26)16(19(23,24)25)12-5-9-14(10-6-12)32-34(2,29)30/h3-10,15-16H,1-2H3. The molecule has 7 nitrogen and oxygen atoms in total. The summed E-state index contributed by atoms with van der Waals surface area (Å²) in [5.74, 6) is -9.48. The first-order chi connectivity index (χ1) is 15.3. The number of Topliss-reactive ketones (excluding diaryl/α,β-unsaturated/α-hetero) is 1. The number of halogens is 6. The molecule has 2 aromatic rings. The summed E-state index contributed by atoms with van der Waals surface area (Å²) in [4.78, 5) is 12.7. The third-order valence-corrected chi connectivity index (χ3v) is 5.14. The smallest absolute Gasteiger partial charge is 0.383 e. The zero-order valence-electron chi connectivity index (χ0n) is 17.2. The lowest BCUT2D eigenvalue weighted by molar-refractivity contribution is -0.183. The zero-order chi connectivity index (χ0) is 26.1. The van der Waals surface area contributed by atoms with Crippen molar-refractivity contribution in [1.29, 1.82) is 0 Å². The Balaban J connectivity index is 2.50. The Hall–Kier alpha value is -2.81. The van der Waals surface area contributed by atoms with Crippen molar-refractivity contribution in [1.82, 2.24) is 0 Å². The van der Waals surface area contributed by atoms with Crippen LogP contribution < -0.4 is 8.37 Å². The molecule has 15 heteroatoms. The average molecular weight is 534 g/mol. The number of alkyl halides is 6. The van der Waals surface area contributed by atoms with E-state index < -0.39 is 72.8 Å². The van der Waals surface area contributed by atoms with Crippen LogP contribution in [0.25, 0.3) is 0 Å². The molecule has 0 bridgehead atoms. The second kappa shape index (κ2) is 9.44. The van der Waals surface area contributed by atoms with E-state index in [1.54, 1.807) is 0 Å². The van der Waals surface area contributed by atoms with Crippen LogP contribution in [0, 0.1) is 0 Å². The molecule has 34 heavy (non-hydrogen) atoms. The highest BCUT2D eigenvalue weighted by atomic mass is 32.2. The number of carbonyl (C=O) groups excluding carboxylic acids is 1. The molecular weight excluding hydrogens is 518 g/mol. The van der Waals surface area contributed by atoms with E-state index in [2.05, 4.69) is 8.37 Å². The molecule has 188 valence electrons. The van der Waals surface area contributed by atoms with Gasteiger partial charge in [-0.2, -0.15) is 43.2 Å². The molecule has 0 amide bonds. The van der Waals surface area contributed by atoms with Gasteiger partial charge >= 0.3 is 32.6 Å². The van der Waals surface area contributed by atoms with E-state index >= 15 is 0 Å². The van der Waals surface area contributed by atoms with E-state index in [1.807, 2.05) is 0 Å². The molecule has 2 rings (SSSR count). The Bertz CT molecular complexity index is 1140. The molecule has 0 aromatic heterocycles. The van der Waals surface area contributed by atoms with Gasteiger partial charge < -0.3 is 8.37 Å². The van der Waals surface area contributed by atoms with E-state index in [-0.39, 0.29) is 0 Å². The maximum atomic E-state index is 13.7. The van der Waals surface area contributed by atoms with Crippen LogP contribution in [0.3, 0.4) is 0 Å². The summed E-state index contributed by atoms with van der Waals surface area (Å²) in [5, 5.41) is 0. The number of rotatable bonds is 8. The fourth-order valence-electron chi connectivity index (χ4n) is 2.98. The van der Waals surface area contributed by atoms with Gasteiger partial charge in [0, 0.05) is 0 Å². The molecular formula is C19H16F6O7S2. The largest absolute Gasteiger partial charge is 0.402 e. The van der Waals surface area contributed by atoms with Crippen LogP contribution in [0.15, 0.2) is 48.5 Å². The molecule has 0 aliphatic rings. The average Bonchev–Trinajstić information content (AvgIpc) is 2.60. The molecule has 0 aliphatic heterocycles. The Kier molecular flexibility index (Phi) is 7.62. The topological polar surface area (TPSA) is 104 Å². The number of benzene rings is 2. The lowest BCUT2D eigenvalue weighted by Crippen LogP contribution is -2.38. The molecule has 2 aromatic carbocycles. The molecule has 0 fully saturated rings. The highest BCUT2D eigenvalue weighted by Gasteiger charge is 2.55. The van der Waals surface area contributed by atoms with Crippen molar-refractivity contribution in [3.8, 4) is 11.5 Å². The second-order valence-corrected chi connectivity index (χ2v) is 10.2. The van der Waals surface area contributed by atoms with E-state index in [0.717, 1.165) is 24.3 Å². The summed E-state index contributed by atoms with van der Waals surface area (Å²) in [6.07, 6.45) is -9.52. The fourth-order valence-corrected chi connectivity index (χ4v) is 3.90. The molecule has 0 aliphatic carbocycles. The third kappa shape index (κ3) is 7.62. The van der Waals surface area contributed by atoms with Gasteiger partial charge in [-0.1, -0.05) is 24.3 Å². The minimum atomic E-state index is -5.43. The van der Waals surface area contributed by atoms with Crippen LogP contribution in [0.5, 0.6) is 11.5 Å². The third-order valence-electron chi connectivity index (χ3n) is 4.15. The normalized spacial score (nSPS) is 14.8. The van der Waals surface area contributed by atoms with E-state index in [9.17, 15) is 48.0 Å². The van der Waals surface area contributed by atoms with Crippen molar-refractivity contribution >= 4 is 26.0 Å². The monoisotopic (exact) mass is 534 g/mol. The number of hydrogen-bond acceptors (Lipinski definition) is 7. The number of carbonyl (C=O) groups is 1. The van der Waals surface area contributed by atoms with Crippen molar-refractivity contribution < 1.29 is 56.3 Å². The van der Waals surface area contributed by atoms with E-state index in [4.69, 9.17) is 0 Å². The van der Waals surface area contributed by atoms with Gasteiger partial charge in [0.2, 0.25) is 0 Å². The molecule has 0 radical (unpaired) electrons. The van der Waals surface area contributed by atoms with Crippen LogP contribution in [0.4, 0.5) is 26.3 Å². The van der Waals surface area contributed by atoms with Crippen molar-refractivity contribution in [2.75, 3.05) is 12.5 Å². The molecule has 0 heterocycles. The lowest BCUT2D eigenvalue weighted by Gasteiger charge is -2.26. The van der Waals surface area contributed by atoms with Gasteiger partial charge in [0.25, 0.3) is 0 Å². The number of hydrogen-bond donors (Lipinski definition) is 0. The van der Waals surface area contributed by atoms with Gasteiger partial charge in [-0.25, -0.2) is 0 Å². The zero-order valence-corrected chi connectivity index (χ0v) is 18.8. The Morgan fingerprint density at radius 3 is 1.12 bits per heavy atom. The van der Waals surface area contributed by atoms with Gasteiger partial charge in [-0.15, -0.1) is 0 Å². The SMILES string of the molecule is CS(=O)(=O)Oc1ccc(C(C(=O)C(c2ccc(OS(C)(=O)=O)cc2)C(F)(F)F)C(F)(F)F)cc1. The van der Waals surface area contributed by atoms with Gasteiger partial charge in [-0.3, -0.25) is 4.79 Å². The highest BCUT2D eigenvalue weighted by Crippen LogP contribution is 2.45. The van der Waals surface area contributed by atoms with Crippen molar-refractivity contribution in [2.24, 2.45) is 0 Å². The van der Waals surface area contributed by atoms with Gasteiger partial charge in [0.05, 0.1) is 12.5 Å². The predicted molar refractivity (Wildman–Crippen MR) is 106 cm³/mol. The molecule has 0 N–H and O–H groups in total. The quantitative estimate of drug-likeness (QED) is 0.374. The summed E-state index contributed by atoms with van der Waals surface area (Å²) in [6.45, 7) is 0. The Labute approximate surface area is 190 Å². The maximum absolute atomic E-state index is 13.7. The summed E-state index contributed by atoms with van der Waals surface area (Å²) >= 11 is 0. The van der Waals surface area contributed by atoms with Crippen LogP contribution in [-0.4, -0.2) is 47.5 Å². The van der Waals surface area contributed by atoms with Crippen molar-refractivity contribution in [2.45, 2.75) is 24.2 Å². The van der Waals surface area contributed by atoms with Crippen LogP contribution >= 0.6 is 0 Å². The molecule has 2 atom stereocenters. The minimum Gasteiger partial charge on any atom is -0.383 e. The predicted octanol–water partition coefficient (Wildman–Crippen LogP) is 3.92. The second-order valence-electron chi connectivity index (χ2n) is 7.06. The van der Waals surface area contributed by atoms with E-state index in [1.165, 1.54) is 0 Å². The van der Waals surface area contributed by atoms with Crippen LogP contribution in [-0.2, 0) is 25.0 Å². The van der Waals surface area contributed by atoms with E-state index in [0.29, 0.717) is 36.8 Å².